The number of fused-ring (bicyclic) bond motifs is 1. The summed E-state index contributed by atoms with van der Waals surface area (Å²) < 4.78 is 11.8. The summed E-state index contributed by atoms with van der Waals surface area (Å²) >= 11 is 0. The summed E-state index contributed by atoms with van der Waals surface area (Å²) in [6, 6.07) is 8.32. The van der Waals surface area contributed by atoms with Crippen molar-refractivity contribution in [3.05, 3.63) is 35.6 Å². The third kappa shape index (κ3) is 3.28. The third-order valence-corrected chi connectivity index (χ3v) is 4.04. The molecule has 1 aliphatic rings. The Morgan fingerprint density at radius 3 is 3.05 bits per heavy atom. The van der Waals surface area contributed by atoms with Crippen molar-refractivity contribution in [2.24, 2.45) is 0 Å². The van der Waals surface area contributed by atoms with Crippen LogP contribution in [0.1, 0.15) is 24.7 Å². The van der Waals surface area contributed by atoms with Gasteiger partial charge >= 0.3 is 0 Å². The average Bonchev–Trinajstić information content (AvgIpc) is 2.67. The molecule has 1 saturated heterocycles. The predicted octanol–water partition coefficient (Wildman–Crippen LogP) is 2.76. The molecule has 0 spiro atoms. The molecule has 3 rings (SSSR count). The molecule has 2 aromatic rings. The van der Waals surface area contributed by atoms with Crippen molar-refractivity contribution in [3.63, 3.8) is 0 Å². The fraction of sp³-hybridized carbons (Fsp3) is 0.529. The first-order valence-electron chi connectivity index (χ1n) is 7.75. The highest BCUT2D eigenvalue weighted by atomic mass is 16.5. The van der Waals surface area contributed by atoms with E-state index in [1.54, 1.807) is 0 Å². The number of nitrogens with zero attached hydrogens (tertiary/aromatic N) is 1. The van der Waals surface area contributed by atoms with Crippen molar-refractivity contribution in [2.45, 2.75) is 32.5 Å². The van der Waals surface area contributed by atoms with Gasteiger partial charge in [0.25, 0.3) is 0 Å². The van der Waals surface area contributed by atoms with E-state index in [-0.39, 0.29) is 0 Å². The number of nitrogens with one attached hydrogen (secondary N) is 1. The monoisotopic (exact) mass is 288 g/mol. The molecule has 0 amide bonds. The van der Waals surface area contributed by atoms with E-state index >= 15 is 0 Å². The lowest BCUT2D eigenvalue weighted by Crippen LogP contribution is -2.30. The standard InChI is InChI=1S/C17H24N2O2/c1-13-11-19(8-5-9-20-13)12-15-14-6-3-4-7-16(14)21-17(15)10-18-2/h3-4,6-7,13,18H,5,8-12H2,1-2H3. The van der Waals surface area contributed by atoms with Gasteiger partial charge in [-0.05, 0) is 26.5 Å². The van der Waals surface area contributed by atoms with Gasteiger partial charge in [0.15, 0.2) is 0 Å². The van der Waals surface area contributed by atoms with Crippen LogP contribution in [0.5, 0.6) is 0 Å². The molecular weight excluding hydrogens is 264 g/mol. The molecule has 2 heterocycles. The van der Waals surface area contributed by atoms with E-state index in [1.165, 1.54) is 10.9 Å². The Morgan fingerprint density at radius 1 is 1.33 bits per heavy atom. The van der Waals surface area contributed by atoms with E-state index in [0.717, 1.165) is 50.5 Å². The highest BCUT2D eigenvalue weighted by Crippen LogP contribution is 2.27. The summed E-state index contributed by atoms with van der Waals surface area (Å²) in [4.78, 5) is 2.48. The van der Waals surface area contributed by atoms with Gasteiger partial charge in [-0.1, -0.05) is 18.2 Å². The fourth-order valence-corrected chi connectivity index (χ4v) is 3.07. The molecule has 1 aromatic heterocycles. The maximum absolute atomic E-state index is 6.02. The van der Waals surface area contributed by atoms with Crippen molar-refractivity contribution in [2.75, 3.05) is 26.7 Å². The molecule has 4 heteroatoms. The molecule has 1 unspecified atom stereocenters. The first-order valence-corrected chi connectivity index (χ1v) is 7.75. The van der Waals surface area contributed by atoms with Crippen molar-refractivity contribution in [1.29, 1.82) is 0 Å². The van der Waals surface area contributed by atoms with Gasteiger partial charge in [0.05, 0.1) is 12.6 Å². The molecule has 0 saturated carbocycles. The van der Waals surface area contributed by atoms with Gasteiger partial charge in [-0.3, -0.25) is 4.90 Å². The zero-order valence-corrected chi connectivity index (χ0v) is 12.9. The number of hydrogen-bond donors (Lipinski definition) is 1. The van der Waals surface area contributed by atoms with Crippen LogP contribution in [0.4, 0.5) is 0 Å². The van der Waals surface area contributed by atoms with Gasteiger partial charge < -0.3 is 14.5 Å². The summed E-state index contributed by atoms with van der Waals surface area (Å²) in [5, 5.41) is 4.44. The maximum atomic E-state index is 6.02. The van der Waals surface area contributed by atoms with Gasteiger partial charge in [-0.15, -0.1) is 0 Å². The number of para-hydroxylation sites is 1. The largest absolute Gasteiger partial charge is 0.459 e. The SMILES string of the molecule is CNCc1oc2ccccc2c1CN1CCCOC(C)C1. The first kappa shape index (κ1) is 14.6. The quantitative estimate of drug-likeness (QED) is 0.939. The van der Waals surface area contributed by atoms with Crippen LogP contribution in [0.3, 0.4) is 0 Å². The van der Waals surface area contributed by atoms with Crippen LogP contribution < -0.4 is 5.32 Å². The highest BCUT2D eigenvalue weighted by molar-refractivity contribution is 5.82. The second kappa shape index (κ2) is 6.60. The molecule has 0 aliphatic carbocycles. The van der Waals surface area contributed by atoms with Crippen LogP contribution in [-0.4, -0.2) is 37.7 Å². The zero-order valence-electron chi connectivity index (χ0n) is 12.9. The Kier molecular flexibility index (Phi) is 4.58. The van der Waals surface area contributed by atoms with Crippen LogP contribution in [0.25, 0.3) is 11.0 Å². The lowest BCUT2D eigenvalue weighted by atomic mass is 10.1. The number of rotatable bonds is 4. The molecule has 1 atom stereocenters. The Labute approximate surface area is 126 Å². The predicted molar refractivity (Wildman–Crippen MR) is 84.3 cm³/mol. The van der Waals surface area contributed by atoms with E-state index in [9.17, 15) is 0 Å². The van der Waals surface area contributed by atoms with Gasteiger partial charge in [0.2, 0.25) is 0 Å². The number of hydrogen-bond acceptors (Lipinski definition) is 4. The molecule has 1 aliphatic heterocycles. The van der Waals surface area contributed by atoms with Crippen molar-refractivity contribution in [3.8, 4) is 0 Å². The second-order valence-corrected chi connectivity index (χ2v) is 5.80. The third-order valence-electron chi connectivity index (χ3n) is 4.04. The summed E-state index contributed by atoms with van der Waals surface area (Å²) in [6.07, 6.45) is 1.40. The van der Waals surface area contributed by atoms with Crippen molar-refractivity contribution in [1.82, 2.24) is 10.2 Å². The molecule has 0 radical (unpaired) electrons. The smallest absolute Gasteiger partial charge is 0.134 e. The first-order chi connectivity index (χ1) is 10.3. The zero-order chi connectivity index (χ0) is 14.7. The van der Waals surface area contributed by atoms with E-state index in [0.29, 0.717) is 6.10 Å². The van der Waals surface area contributed by atoms with Crippen LogP contribution in [0.2, 0.25) is 0 Å². The summed E-state index contributed by atoms with van der Waals surface area (Å²) in [7, 11) is 1.96. The van der Waals surface area contributed by atoms with Crippen LogP contribution in [0, 0.1) is 0 Å². The Hall–Kier alpha value is -1.36. The minimum atomic E-state index is 0.304. The summed E-state index contributed by atoms with van der Waals surface area (Å²) in [6.45, 7) is 6.79. The van der Waals surface area contributed by atoms with E-state index in [2.05, 4.69) is 29.3 Å². The number of benzene rings is 1. The van der Waals surface area contributed by atoms with E-state index < -0.39 is 0 Å². The summed E-state index contributed by atoms with van der Waals surface area (Å²) in [5.74, 6) is 1.05. The highest BCUT2D eigenvalue weighted by Gasteiger charge is 2.20. The Balaban J connectivity index is 1.88. The van der Waals surface area contributed by atoms with E-state index in [4.69, 9.17) is 9.15 Å². The molecule has 1 fully saturated rings. The summed E-state index contributed by atoms with van der Waals surface area (Å²) in [5.41, 5.74) is 2.30. The number of ether oxygens (including phenoxy) is 1. The van der Waals surface area contributed by atoms with Gasteiger partial charge in [-0.25, -0.2) is 0 Å². The fourth-order valence-electron chi connectivity index (χ4n) is 3.07. The van der Waals surface area contributed by atoms with Gasteiger partial charge in [0, 0.05) is 37.2 Å². The van der Waals surface area contributed by atoms with Gasteiger partial charge in [0.1, 0.15) is 11.3 Å². The van der Waals surface area contributed by atoms with Crippen LogP contribution in [-0.2, 0) is 17.8 Å². The topological polar surface area (TPSA) is 37.6 Å². The van der Waals surface area contributed by atoms with E-state index in [1.807, 2.05) is 19.2 Å². The molecule has 1 N–H and O–H groups in total. The maximum Gasteiger partial charge on any atom is 0.134 e. The molecule has 4 nitrogen and oxygen atoms in total. The van der Waals surface area contributed by atoms with Crippen LogP contribution in [0.15, 0.2) is 28.7 Å². The minimum Gasteiger partial charge on any atom is -0.459 e. The van der Waals surface area contributed by atoms with Crippen LogP contribution >= 0.6 is 0 Å². The number of furan rings is 1. The normalized spacial score (nSPS) is 20.8. The Bertz CT molecular complexity index is 593. The second-order valence-electron chi connectivity index (χ2n) is 5.80. The van der Waals surface area contributed by atoms with Crippen molar-refractivity contribution < 1.29 is 9.15 Å². The molecule has 114 valence electrons. The Morgan fingerprint density at radius 2 is 2.19 bits per heavy atom. The molecule has 1 aromatic carbocycles. The minimum absolute atomic E-state index is 0.304. The van der Waals surface area contributed by atoms with Gasteiger partial charge in [-0.2, -0.15) is 0 Å². The van der Waals surface area contributed by atoms with Crippen molar-refractivity contribution >= 4 is 11.0 Å². The lowest BCUT2D eigenvalue weighted by molar-refractivity contribution is 0.0667. The molecule has 0 bridgehead atoms. The molecule has 21 heavy (non-hydrogen) atoms. The average molecular weight is 288 g/mol. The lowest BCUT2D eigenvalue weighted by Gasteiger charge is -2.21. The molecular formula is C17H24N2O2.